The molecule has 3 N–H and O–H groups in total. The second kappa shape index (κ2) is 14.7. The summed E-state index contributed by atoms with van der Waals surface area (Å²) in [5.41, 5.74) is 4.13. The summed E-state index contributed by atoms with van der Waals surface area (Å²) in [6.07, 6.45) is 1.02. The van der Waals surface area contributed by atoms with E-state index < -0.39 is 16.1 Å². The first-order valence-corrected chi connectivity index (χ1v) is 15.6. The number of aliphatic hydroxyl groups excluding tert-OH is 1. The summed E-state index contributed by atoms with van der Waals surface area (Å²) in [4.78, 5) is 0. The first-order valence-electron chi connectivity index (χ1n) is 13.7. The van der Waals surface area contributed by atoms with E-state index in [1.165, 1.54) is 0 Å². The smallest absolute Gasteiger partial charge is 0.229 e. The van der Waals surface area contributed by atoms with Crippen LogP contribution in [-0.2, 0) is 16.6 Å². The SMILES string of the molecule is COc1ccc(C(CCNC[C@H](O)c2ccc(OCc3ccccc3)c(NS(C)(=O)=O)c2)c2ccc(OC)cc2)cc1. The van der Waals surface area contributed by atoms with Gasteiger partial charge in [0, 0.05) is 12.5 Å². The molecule has 0 aliphatic rings. The Morgan fingerprint density at radius 2 is 1.36 bits per heavy atom. The highest BCUT2D eigenvalue weighted by Crippen LogP contribution is 2.32. The molecular formula is C33H38N2O6S. The van der Waals surface area contributed by atoms with Gasteiger partial charge in [0.05, 0.1) is 32.3 Å². The minimum atomic E-state index is -3.56. The van der Waals surface area contributed by atoms with Gasteiger partial charge in [0.1, 0.15) is 23.9 Å². The standard InChI is InChI=1S/C33H38N2O6S/c1-39-28-14-9-25(10-15-28)30(26-11-16-29(40-2)17-12-26)19-20-34-22-32(36)27-13-18-33(31(21-27)35-42(3,37)38)41-23-24-7-5-4-6-8-24/h4-18,21,30,32,34-36H,19-20,22-23H2,1-3H3/t32-/m0/s1. The highest BCUT2D eigenvalue weighted by Gasteiger charge is 2.17. The van der Waals surface area contributed by atoms with E-state index in [2.05, 4.69) is 34.3 Å². The molecule has 0 heterocycles. The minimum Gasteiger partial charge on any atom is -0.497 e. The highest BCUT2D eigenvalue weighted by molar-refractivity contribution is 7.92. The maximum Gasteiger partial charge on any atom is 0.229 e. The van der Waals surface area contributed by atoms with Crippen LogP contribution in [0.1, 0.15) is 40.7 Å². The van der Waals surface area contributed by atoms with Crippen LogP contribution in [0.2, 0.25) is 0 Å². The van der Waals surface area contributed by atoms with E-state index in [1.807, 2.05) is 54.6 Å². The number of rotatable bonds is 15. The number of nitrogens with one attached hydrogen (secondary N) is 2. The molecule has 0 aliphatic heterocycles. The Morgan fingerprint density at radius 3 is 1.90 bits per heavy atom. The molecule has 0 aromatic heterocycles. The van der Waals surface area contributed by atoms with Gasteiger partial charge in [-0.2, -0.15) is 0 Å². The van der Waals surface area contributed by atoms with Gasteiger partial charge in [0.15, 0.2) is 0 Å². The third-order valence-corrected chi connectivity index (χ3v) is 7.50. The Morgan fingerprint density at radius 1 is 0.786 bits per heavy atom. The fourth-order valence-electron chi connectivity index (χ4n) is 4.70. The van der Waals surface area contributed by atoms with Crippen LogP contribution < -0.4 is 24.2 Å². The van der Waals surface area contributed by atoms with Crippen molar-refractivity contribution in [2.45, 2.75) is 25.0 Å². The van der Waals surface area contributed by atoms with Crippen LogP contribution in [0.4, 0.5) is 5.69 Å². The normalized spacial score (nSPS) is 12.1. The fourth-order valence-corrected chi connectivity index (χ4v) is 5.26. The zero-order chi connectivity index (χ0) is 30.0. The molecule has 8 nitrogen and oxygen atoms in total. The molecule has 0 spiro atoms. The Bertz CT molecular complexity index is 1460. The first kappa shape index (κ1) is 30.9. The van der Waals surface area contributed by atoms with E-state index in [4.69, 9.17) is 14.2 Å². The van der Waals surface area contributed by atoms with E-state index >= 15 is 0 Å². The predicted molar refractivity (Wildman–Crippen MR) is 166 cm³/mol. The molecule has 0 unspecified atom stereocenters. The summed E-state index contributed by atoms with van der Waals surface area (Å²) in [5.74, 6) is 2.11. The lowest BCUT2D eigenvalue weighted by Crippen LogP contribution is -2.24. The largest absolute Gasteiger partial charge is 0.497 e. The summed E-state index contributed by atoms with van der Waals surface area (Å²) in [6.45, 7) is 1.22. The molecule has 0 fully saturated rings. The molecule has 0 amide bonds. The minimum absolute atomic E-state index is 0.123. The molecular weight excluding hydrogens is 552 g/mol. The van der Waals surface area contributed by atoms with Crippen LogP contribution in [-0.4, -0.2) is 47.1 Å². The van der Waals surface area contributed by atoms with Crippen molar-refractivity contribution in [2.24, 2.45) is 0 Å². The van der Waals surface area contributed by atoms with Gasteiger partial charge in [0.2, 0.25) is 10.0 Å². The molecule has 4 rings (SSSR count). The van der Waals surface area contributed by atoms with Crippen LogP contribution in [0.15, 0.2) is 97.1 Å². The number of benzene rings is 4. The van der Waals surface area contributed by atoms with Crippen molar-refractivity contribution in [3.05, 3.63) is 119 Å². The first-order chi connectivity index (χ1) is 20.3. The monoisotopic (exact) mass is 590 g/mol. The summed E-state index contributed by atoms with van der Waals surface area (Å²) in [5, 5.41) is 14.3. The van der Waals surface area contributed by atoms with Crippen LogP contribution in [0.25, 0.3) is 0 Å². The van der Waals surface area contributed by atoms with Crippen molar-refractivity contribution in [3.63, 3.8) is 0 Å². The molecule has 0 saturated heterocycles. The van der Waals surface area contributed by atoms with Gasteiger partial charge in [-0.25, -0.2) is 8.42 Å². The maximum atomic E-state index is 12.0. The molecule has 42 heavy (non-hydrogen) atoms. The van der Waals surface area contributed by atoms with Crippen LogP contribution in [0.5, 0.6) is 17.2 Å². The van der Waals surface area contributed by atoms with E-state index in [-0.39, 0.29) is 18.2 Å². The lowest BCUT2D eigenvalue weighted by Gasteiger charge is -2.20. The van der Waals surface area contributed by atoms with Crippen molar-refractivity contribution in [3.8, 4) is 17.2 Å². The third kappa shape index (κ3) is 8.97. The van der Waals surface area contributed by atoms with E-state index in [0.717, 1.165) is 40.9 Å². The molecule has 0 bridgehead atoms. The van der Waals surface area contributed by atoms with Crippen LogP contribution in [0.3, 0.4) is 0 Å². The number of hydrogen-bond donors (Lipinski definition) is 3. The van der Waals surface area contributed by atoms with Gasteiger partial charge in [-0.3, -0.25) is 4.72 Å². The second-order valence-corrected chi connectivity index (χ2v) is 11.8. The fraction of sp³-hybridized carbons (Fsp3) is 0.273. The Hall–Kier alpha value is -4.05. The number of sulfonamides is 1. The van der Waals surface area contributed by atoms with Crippen molar-refractivity contribution in [2.75, 3.05) is 38.3 Å². The molecule has 4 aromatic carbocycles. The van der Waals surface area contributed by atoms with Crippen molar-refractivity contribution >= 4 is 15.7 Å². The lowest BCUT2D eigenvalue weighted by molar-refractivity contribution is 0.174. The highest BCUT2D eigenvalue weighted by atomic mass is 32.2. The molecule has 222 valence electrons. The lowest BCUT2D eigenvalue weighted by atomic mass is 9.88. The van der Waals surface area contributed by atoms with Crippen molar-refractivity contribution in [1.29, 1.82) is 0 Å². The average Bonchev–Trinajstić information content (AvgIpc) is 3.00. The van der Waals surface area contributed by atoms with Gasteiger partial charge in [-0.15, -0.1) is 0 Å². The molecule has 0 radical (unpaired) electrons. The summed E-state index contributed by atoms with van der Waals surface area (Å²) < 4.78 is 43.1. The van der Waals surface area contributed by atoms with Gasteiger partial charge in [-0.1, -0.05) is 60.7 Å². The Labute approximate surface area is 248 Å². The average molecular weight is 591 g/mol. The predicted octanol–water partition coefficient (Wildman–Crippen LogP) is 5.50. The quantitative estimate of drug-likeness (QED) is 0.157. The van der Waals surface area contributed by atoms with E-state index in [1.54, 1.807) is 32.4 Å². The van der Waals surface area contributed by atoms with Crippen molar-refractivity contribution in [1.82, 2.24) is 5.32 Å². The number of hydrogen-bond acceptors (Lipinski definition) is 7. The van der Waals surface area contributed by atoms with Gasteiger partial charge in [0.25, 0.3) is 0 Å². The van der Waals surface area contributed by atoms with Gasteiger partial charge in [-0.05, 0) is 71.6 Å². The topological polar surface area (TPSA) is 106 Å². The number of ether oxygens (including phenoxy) is 3. The number of aliphatic hydroxyl groups is 1. The van der Waals surface area contributed by atoms with Crippen molar-refractivity contribution < 1.29 is 27.7 Å². The molecule has 0 aliphatic carbocycles. The van der Waals surface area contributed by atoms with E-state index in [9.17, 15) is 13.5 Å². The number of methoxy groups -OCH3 is 2. The Balaban J connectivity index is 1.41. The molecule has 4 aromatic rings. The van der Waals surface area contributed by atoms with Gasteiger partial charge >= 0.3 is 0 Å². The van der Waals surface area contributed by atoms with E-state index in [0.29, 0.717) is 24.4 Å². The number of anilines is 1. The third-order valence-electron chi connectivity index (χ3n) is 6.90. The maximum absolute atomic E-state index is 12.0. The van der Waals surface area contributed by atoms with Gasteiger partial charge < -0.3 is 24.6 Å². The molecule has 1 atom stereocenters. The van der Waals surface area contributed by atoms with Crippen LogP contribution in [0, 0.1) is 0 Å². The summed E-state index contributed by atoms with van der Waals surface area (Å²) in [6, 6.07) is 30.8. The zero-order valence-electron chi connectivity index (χ0n) is 24.1. The Kier molecular flexibility index (Phi) is 10.8. The summed E-state index contributed by atoms with van der Waals surface area (Å²) in [7, 11) is -0.261. The molecule has 0 saturated carbocycles. The second-order valence-electron chi connectivity index (χ2n) is 10.0. The van der Waals surface area contributed by atoms with Crippen LogP contribution >= 0.6 is 0 Å². The zero-order valence-corrected chi connectivity index (χ0v) is 24.9. The molecule has 9 heteroatoms. The summed E-state index contributed by atoms with van der Waals surface area (Å²) >= 11 is 0.